The molecule has 1 aromatic carbocycles. The van der Waals surface area contributed by atoms with Gasteiger partial charge in [0.1, 0.15) is 0 Å². The number of aromatic amines is 1. The van der Waals surface area contributed by atoms with Crippen LogP contribution < -0.4 is 0 Å². The first-order chi connectivity index (χ1) is 13.6. The molecule has 0 bridgehead atoms. The van der Waals surface area contributed by atoms with Crippen LogP contribution in [0.4, 0.5) is 0 Å². The van der Waals surface area contributed by atoms with Gasteiger partial charge in [-0.05, 0) is 31.4 Å². The van der Waals surface area contributed by atoms with Crippen LogP contribution in [0.15, 0.2) is 36.7 Å². The van der Waals surface area contributed by atoms with Crippen molar-refractivity contribution in [2.24, 2.45) is 7.05 Å². The molecule has 28 heavy (non-hydrogen) atoms. The zero-order valence-corrected chi connectivity index (χ0v) is 16.8. The van der Waals surface area contributed by atoms with Crippen molar-refractivity contribution >= 4 is 16.8 Å². The number of fused-ring (bicyclic) bond motifs is 1. The highest BCUT2D eigenvalue weighted by atomic mass is 16.2. The molecule has 6 nitrogen and oxygen atoms in total. The fourth-order valence-corrected chi connectivity index (χ4v) is 4.13. The summed E-state index contributed by atoms with van der Waals surface area (Å²) in [7, 11) is 1.96. The van der Waals surface area contributed by atoms with Crippen LogP contribution in [0.5, 0.6) is 0 Å². The van der Waals surface area contributed by atoms with Crippen LogP contribution in [0.3, 0.4) is 0 Å². The van der Waals surface area contributed by atoms with E-state index in [-0.39, 0.29) is 5.91 Å². The fourth-order valence-electron chi connectivity index (χ4n) is 4.13. The predicted molar refractivity (Wildman–Crippen MR) is 111 cm³/mol. The van der Waals surface area contributed by atoms with E-state index >= 15 is 0 Å². The number of hydrogen-bond donors (Lipinski definition) is 1. The first-order valence-corrected chi connectivity index (χ1v) is 10.1. The number of benzene rings is 1. The minimum atomic E-state index is 0.289. The van der Waals surface area contributed by atoms with Gasteiger partial charge >= 0.3 is 0 Å². The molecule has 1 amide bonds. The molecular weight excluding hydrogens is 350 g/mol. The number of carbonyl (C=O) groups excluding carboxylic acids is 1. The molecule has 2 aromatic heterocycles. The fraction of sp³-hybridized carbons (Fsp3) is 0.455. The standard InChI is InChI=1S/C22H29N5O/c1-17-19(15-25(2)24-17)16-26-10-12-27(13-11-26)22(28)9-5-6-18-14-23-21-8-4-3-7-20(18)21/h3-4,7-8,14-15,23H,5-6,9-13,16H2,1-2H3. The second kappa shape index (κ2) is 8.19. The van der Waals surface area contributed by atoms with Gasteiger partial charge in [-0.15, -0.1) is 0 Å². The Morgan fingerprint density at radius 1 is 1.14 bits per heavy atom. The molecule has 6 heteroatoms. The highest BCUT2D eigenvalue weighted by molar-refractivity contribution is 5.83. The van der Waals surface area contributed by atoms with Gasteiger partial charge in [-0.3, -0.25) is 14.4 Å². The van der Waals surface area contributed by atoms with E-state index in [1.807, 2.05) is 22.7 Å². The van der Waals surface area contributed by atoms with Crippen LogP contribution >= 0.6 is 0 Å². The Balaban J connectivity index is 1.22. The molecule has 0 radical (unpaired) electrons. The summed E-state index contributed by atoms with van der Waals surface area (Å²) in [5.74, 6) is 0.289. The molecule has 1 saturated heterocycles. The van der Waals surface area contributed by atoms with Crippen LogP contribution in [0.1, 0.15) is 29.7 Å². The molecule has 0 unspecified atom stereocenters. The molecule has 148 valence electrons. The topological polar surface area (TPSA) is 57.2 Å². The molecule has 4 rings (SSSR count). The van der Waals surface area contributed by atoms with Crippen molar-refractivity contribution in [3.05, 3.63) is 53.5 Å². The first kappa shape index (κ1) is 18.7. The average molecular weight is 380 g/mol. The van der Waals surface area contributed by atoms with E-state index in [4.69, 9.17) is 0 Å². The van der Waals surface area contributed by atoms with E-state index in [0.717, 1.165) is 51.3 Å². The van der Waals surface area contributed by atoms with Crippen molar-refractivity contribution in [2.75, 3.05) is 26.2 Å². The van der Waals surface area contributed by atoms with Gasteiger partial charge in [0.25, 0.3) is 0 Å². The third-order valence-electron chi connectivity index (χ3n) is 5.75. The number of aromatic nitrogens is 3. The van der Waals surface area contributed by atoms with Crippen LogP contribution in [0.2, 0.25) is 0 Å². The van der Waals surface area contributed by atoms with Crippen molar-refractivity contribution < 1.29 is 4.79 Å². The van der Waals surface area contributed by atoms with Crippen molar-refractivity contribution in [1.29, 1.82) is 0 Å². The van der Waals surface area contributed by atoms with Crippen molar-refractivity contribution in [2.45, 2.75) is 32.7 Å². The monoisotopic (exact) mass is 379 g/mol. The molecule has 0 aliphatic carbocycles. The van der Waals surface area contributed by atoms with E-state index in [0.29, 0.717) is 6.42 Å². The maximum absolute atomic E-state index is 12.6. The first-order valence-electron chi connectivity index (χ1n) is 10.1. The SMILES string of the molecule is Cc1nn(C)cc1CN1CCN(C(=O)CCCc2c[nH]c3ccccc23)CC1. The van der Waals surface area contributed by atoms with E-state index in [9.17, 15) is 4.79 Å². The van der Waals surface area contributed by atoms with Crippen LogP contribution in [-0.2, 0) is 24.8 Å². The number of amides is 1. The average Bonchev–Trinajstić information content (AvgIpc) is 3.25. The Hall–Kier alpha value is -2.60. The highest BCUT2D eigenvalue weighted by Crippen LogP contribution is 2.20. The summed E-state index contributed by atoms with van der Waals surface area (Å²) >= 11 is 0. The molecule has 3 heterocycles. The minimum absolute atomic E-state index is 0.289. The smallest absolute Gasteiger partial charge is 0.222 e. The van der Waals surface area contributed by atoms with Gasteiger partial charge in [0.2, 0.25) is 5.91 Å². The van der Waals surface area contributed by atoms with Gasteiger partial charge in [-0.1, -0.05) is 18.2 Å². The lowest BCUT2D eigenvalue weighted by molar-refractivity contribution is -0.133. The van der Waals surface area contributed by atoms with Crippen molar-refractivity contribution in [3.63, 3.8) is 0 Å². The number of piperazine rings is 1. The lowest BCUT2D eigenvalue weighted by atomic mass is 10.1. The number of para-hydroxylation sites is 1. The summed E-state index contributed by atoms with van der Waals surface area (Å²) in [6, 6.07) is 8.35. The van der Waals surface area contributed by atoms with Gasteiger partial charge in [0, 0.05) is 75.1 Å². The molecule has 1 aliphatic rings. The van der Waals surface area contributed by atoms with Gasteiger partial charge in [-0.2, -0.15) is 5.10 Å². The van der Waals surface area contributed by atoms with Crippen LogP contribution in [0.25, 0.3) is 10.9 Å². The Kier molecular flexibility index (Phi) is 5.48. The molecule has 1 N–H and O–H groups in total. The Bertz CT molecular complexity index is 949. The van der Waals surface area contributed by atoms with E-state index in [1.165, 1.54) is 22.0 Å². The lowest BCUT2D eigenvalue weighted by Crippen LogP contribution is -2.48. The maximum Gasteiger partial charge on any atom is 0.222 e. The molecule has 1 aliphatic heterocycles. The Morgan fingerprint density at radius 3 is 2.68 bits per heavy atom. The zero-order valence-electron chi connectivity index (χ0n) is 16.8. The lowest BCUT2D eigenvalue weighted by Gasteiger charge is -2.34. The van der Waals surface area contributed by atoms with Gasteiger partial charge in [-0.25, -0.2) is 0 Å². The van der Waals surface area contributed by atoms with Gasteiger partial charge in [0.05, 0.1) is 5.69 Å². The number of rotatable bonds is 6. The van der Waals surface area contributed by atoms with E-state index in [2.05, 4.69) is 52.5 Å². The molecule has 0 saturated carbocycles. The highest BCUT2D eigenvalue weighted by Gasteiger charge is 2.21. The van der Waals surface area contributed by atoms with Gasteiger partial charge < -0.3 is 9.88 Å². The molecule has 0 atom stereocenters. The number of aryl methyl sites for hydroxylation is 3. The Labute approximate surface area is 166 Å². The third kappa shape index (κ3) is 4.12. The number of H-pyrrole nitrogens is 1. The maximum atomic E-state index is 12.6. The zero-order chi connectivity index (χ0) is 19.5. The van der Waals surface area contributed by atoms with Crippen LogP contribution in [-0.4, -0.2) is 56.7 Å². The summed E-state index contributed by atoms with van der Waals surface area (Å²) < 4.78 is 1.87. The summed E-state index contributed by atoms with van der Waals surface area (Å²) in [6.07, 6.45) is 6.64. The number of carbonyl (C=O) groups is 1. The largest absolute Gasteiger partial charge is 0.361 e. The Morgan fingerprint density at radius 2 is 1.93 bits per heavy atom. The van der Waals surface area contributed by atoms with Crippen molar-refractivity contribution in [3.8, 4) is 0 Å². The number of nitrogens with zero attached hydrogens (tertiary/aromatic N) is 4. The summed E-state index contributed by atoms with van der Waals surface area (Å²) in [6.45, 7) is 6.49. The normalized spacial score (nSPS) is 15.4. The summed E-state index contributed by atoms with van der Waals surface area (Å²) in [5, 5.41) is 5.69. The second-order valence-electron chi connectivity index (χ2n) is 7.78. The summed E-state index contributed by atoms with van der Waals surface area (Å²) in [5.41, 5.74) is 4.85. The number of hydrogen-bond acceptors (Lipinski definition) is 3. The van der Waals surface area contributed by atoms with Gasteiger partial charge in [0.15, 0.2) is 0 Å². The minimum Gasteiger partial charge on any atom is -0.361 e. The quantitative estimate of drug-likeness (QED) is 0.716. The summed E-state index contributed by atoms with van der Waals surface area (Å²) in [4.78, 5) is 20.4. The second-order valence-corrected chi connectivity index (χ2v) is 7.78. The van der Waals surface area contributed by atoms with Crippen molar-refractivity contribution in [1.82, 2.24) is 24.6 Å². The van der Waals surface area contributed by atoms with Crippen LogP contribution in [0, 0.1) is 6.92 Å². The molecule has 3 aromatic rings. The van der Waals surface area contributed by atoms with E-state index < -0.39 is 0 Å². The third-order valence-corrected chi connectivity index (χ3v) is 5.75. The molecule has 1 fully saturated rings. The molecular formula is C22H29N5O. The van der Waals surface area contributed by atoms with E-state index in [1.54, 1.807) is 0 Å². The molecule has 0 spiro atoms. The predicted octanol–water partition coefficient (Wildman–Crippen LogP) is 2.88. The number of nitrogens with one attached hydrogen (secondary N) is 1.